The molecule has 3 nitrogen and oxygen atoms in total. The van der Waals surface area contributed by atoms with Gasteiger partial charge < -0.3 is 14.7 Å². The molecule has 1 saturated heterocycles. The fourth-order valence-corrected chi connectivity index (χ4v) is 3.04. The molecule has 1 aliphatic rings. The SMILES string of the molecule is COC1CCCN(c2ccc([C@H](C)O)cc2Br)C1. The second-order valence-electron chi connectivity index (χ2n) is 4.83. The van der Waals surface area contributed by atoms with Crippen LogP contribution in [0.15, 0.2) is 22.7 Å². The molecule has 0 aromatic heterocycles. The zero-order chi connectivity index (χ0) is 13.1. The van der Waals surface area contributed by atoms with E-state index in [4.69, 9.17) is 4.74 Å². The molecule has 2 atom stereocenters. The van der Waals surface area contributed by atoms with E-state index in [0.717, 1.165) is 36.0 Å². The molecule has 1 fully saturated rings. The minimum atomic E-state index is -0.427. The van der Waals surface area contributed by atoms with Gasteiger partial charge >= 0.3 is 0 Å². The van der Waals surface area contributed by atoms with Crippen LogP contribution in [-0.2, 0) is 4.74 Å². The van der Waals surface area contributed by atoms with Gasteiger partial charge in [-0.1, -0.05) is 6.07 Å². The standard InChI is InChI=1S/C14H20BrNO2/c1-10(17)11-5-6-14(13(15)8-11)16-7-3-4-12(9-16)18-2/h5-6,8,10,12,17H,3-4,7,9H2,1-2H3/t10-,12?/m0/s1. The van der Waals surface area contributed by atoms with E-state index in [2.05, 4.69) is 26.9 Å². The minimum absolute atomic E-state index is 0.321. The second-order valence-corrected chi connectivity index (χ2v) is 5.69. The maximum atomic E-state index is 9.58. The molecule has 1 aromatic carbocycles. The lowest BCUT2D eigenvalue weighted by Gasteiger charge is -2.34. The van der Waals surface area contributed by atoms with Crippen molar-refractivity contribution < 1.29 is 9.84 Å². The van der Waals surface area contributed by atoms with E-state index in [0.29, 0.717) is 6.10 Å². The highest BCUT2D eigenvalue weighted by atomic mass is 79.9. The zero-order valence-electron chi connectivity index (χ0n) is 10.9. The summed E-state index contributed by atoms with van der Waals surface area (Å²) in [7, 11) is 1.78. The Bertz CT molecular complexity index is 409. The van der Waals surface area contributed by atoms with Crippen LogP contribution in [0.2, 0.25) is 0 Å². The summed E-state index contributed by atoms with van der Waals surface area (Å²) in [5.74, 6) is 0. The van der Waals surface area contributed by atoms with Gasteiger partial charge in [0.05, 0.1) is 17.9 Å². The number of rotatable bonds is 3. The number of aliphatic hydroxyl groups excluding tert-OH is 1. The molecular formula is C14H20BrNO2. The van der Waals surface area contributed by atoms with Crippen molar-refractivity contribution in [1.29, 1.82) is 0 Å². The van der Waals surface area contributed by atoms with Crippen LogP contribution in [0.3, 0.4) is 0 Å². The summed E-state index contributed by atoms with van der Waals surface area (Å²) in [5, 5.41) is 9.58. The molecule has 1 unspecified atom stereocenters. The average molecular weight is 314 g/mol. The van der Waals surface area contributed by atoms with E-state index in [1.807, 2.05) is 12.1 Å². The molecule has 4 heteroatoms. The first-order valence-corrected chi connectivity index (χ1v) is 7.16. The van der Waals surface area contributed by atoms with Crippen molar-refractivity contribution in [2.75, 3.05) is 25.1 Å². The van der Waals surface area contributed by atoms with Crippen LogP contribution in [0.25, 0.3) is 0 Å². The molecule has 1 N–H and O–H groups in total. The Hall–Kier alpha value is -0.580. The van der Waals surface area contributed by atoms with Gasteiger partial charge in [-0.2, -0.15) is 0 Å². The smallest absolute Gasteiger partial charge is 0.0762 e. The molecule has 1 aromatic rings. The minimum Gasteiger partial charge on any atom is -0.389 e. The van der Waals surface area contributed by atoms with Crippen molar-refractivity contribution in [3.63, 3.8) is 0 Å². The van der Waals surface area contributed by atoms with Crippen molar-refractivity contribution in [3.05, 3.63) is 28.2 Å². The summed E-state index contributed by atoms with van der Waals surface area (Å²) < 4.78 is 6.49. The maximum absolute atomic E-state index is 9.58. The molecule has 0 bridgehead atoms. The fraction of sp³-hybridized carbons (Fsp3) is 0.571. The second kappa shape index (κ2) is 6.04. The van der Waals surface area contributed by atoms with E-state index in [-0.39, 0.29) is 0 Å². The summed E-state index contributed by atoms with van der Waals surface area (Å²) in [6.45, 7) is 3.78. The van der Waals surface area contributed by atoms with Gasteiger partial charge in [0.15, 0.2) is 0 Å². The van der Waals surface area contributed by atoms with E-state index in [9.17, 15) is 5.11 Å². The molecule has 18 heavy (non-hydrogen) atoms. The lowest BCUT2D eigenvalue weighted by molar-refractivity contribution is 0.0893. The molecular weight excluding hydrogens is 294 g/mol. The Balaban J connectivity index is 2.17. The Morgan fingerprint density at radius 2 is 2.28 bits per heavy atom. The van der Waals surface area contributed by atoms with Crippen molar-refractivity contribution in [2.45, 2.75) is 32.0 Å². The summed E-state index contributed by atoms with van der Waals surface area (Å²) in [6, 6.07) is 6.06. The van der Waals surface area contributed by atoms with Gasteiger partial charge in [-0.15, -0.1) is 0 Å². The van der Waals surface area contributed by atoms with E-state index >= 15 is 0 Å². The molecule has 2 rings (SSSR count). The molecule has 1 heterocycles. The topological polar surface area (TPSA) is 32.7 Å². The number of benzene rings is 1. The molecule has 0 spiro atoms. The summed E-state index contributed by atoms with van der Waals surface area (Å²) in [4.78, 5) is 2.34. The summed E-state index contributed by atoms with van der Waals surface area (Å²) in [6.07, 6.45) is 2.19. The highest BCUT2D eigenvalue weighted by molar-refractivity contribution is 9.10. The van der Waals surface area contributed by atoms with Gasteiger partial charge in [-0.3, -0.25) is 0 Å². The first kappa shape index (κ1) is 13.8. The fourth-order valence-electron chi connectivity index (χ4n) is 2.39. The predicted octanol–water partition coefficient (Wildman–Crippen LogP) is 3.12. The van der Waals surface area contributed by atoms with Crippen LogP contribution in [0.1, 0.15) is 31.4 Å². The Kier molecular flexibility index (Phi) is 4.65. The van der Waals surface area contributed by atoms with Crippen molar-refractivity contribution >= 4 is 21.6 Å². The number of anilines is 1. The normalized spacial score (nSPS) is 22.0. The number of nitrogens with zero attached hydrogens (tertiary/aromatic N) is 1. The summed E-state index contributed by atoms with van der Waals surface area (Å²) in [5.41, 5.74) is 2.12. The third-order valence-corrected chi connectivity index (χ3v) is 4.14. The molecule has 0 amide bonds. The van der Waals surface area contributed by atoms with Crippen LogP contribution in [0, 0.1) is 0 Å². The van der Waals surface area contributed by atoms with Gasteiger partial charge in [-0.25, -0.2) is 0 Å². The van der Waals surface area contributed by atoms with Gasteiger partial charge in [0.1, 0.15) is 0 Å². The van der Waals surface area contributed by atoms with Crippen LogP contribution in [0.4, 0.5) is 5.69 Å². The number of ether oxygens (including phenoxy) is 1. The number of methoxy groups -OCH3 is 1. The molecule has 0 saturated carbocycles. The predicted molar refractivity (Wildman–Crippen MR) is 77.0 cm³/mol. The van der Waals surface area contributed by atoms with Crippen molar-refractivity contribution in [3.8, 4) is 0 Å². The van der Waals surface area contributed by atoms with Gasteiger partial charge in [0.2, 0.25) is 0 Å². The van der Waals surface area contributed by atoms with Crippen molar-refractivity contribution in [1.82, 2.24) is 0 Å². The number of halogens is 1. The number of piperidine rings is 1. The first-order chi connectivity index (χ1) is 8.61. The third-order valence-electron chi connectivity index (χ3n) is 3.51. The van der Waals surface area contributed by atoms with E-state index in [1.165, 1.54) is 5.69 Å². The largest absolute Gasteiger partial charge is 0.389 e. The highest BCUT2D eigenvalue weighted by Crippen LogP contribution is 2.31. The van der Waals surface area contributed by atoms with Gasteiger partial charge in [0.25, 0.3) is 0 Å². The van der Waals surface area contributed by atoms with Crippen molar-refractivity contribution in [2.24, 2.45) is 0 Å². The summed E-state index contributed by atoms with van der Waals surface area (Å²) >= 11 is 3.60. The van der Waals surface area contributed by atoms with Gasteiger partial charge in [-0.05, 0) is 53.4 Å². The zero-order valence-corrected chi connectivity index (χ0v) is 12.5. The quantitative estimate of drug-likeness (QED) is 0.930. The van der Waals surface area contributed by atoms with E-state index < -0.39 is 6.10 Å². The van der Waals surface area contributed by atoms with Crippen LogP contribution >= 0.6 is 15.9 Å². The Labute approximate surface area is 117 Å². The Morgan fingerprint density at radius 1 is 1.50 bits per heavy atom. The van der Waals surface area contributed by atoms with E-state index in [1.54, 1.807) is 14.0 Å². The number of hydrogen-bond donors (Lipinski definition) is 1. The molecule has 100 valence electrons. The van der Waals surface area contributed by atoms with Crippen LogP contribution in [0.5, 0.6) is 0 Å². The molecule has 0 aliphatic carbocycles. The lowest BCUT2D eigenvalue weighted by Crippen LogP contribution is -2.39. The average Bonchev–Trinajstić information content (AvgIpc) is 2.38. The maximum Gasteiger partial charge on any atom is 0.0762 e. The number of hydrogen-bond acceptors (Lipinski definition) is 3. The van der Waals surface area contributed by atoms with Crippen LogP contribution in [-0.4, -0.2) is 31.4 Å². The Morgan fingerprint density at radius 3 is 2.89 bits per heavy atom. The third kappa shape index (κ3) is 3.05. The lowest BCUT2D eigenvalue weighted by atomic mass is 10.1. The van der Waals surface area contributed by atoms with Crippen LogP contribution < -0.4 is 4.90 Å². The molecule has 1 aliphatic heterocycles. The molecule has 0 radical (unpaired) electrons. The first-order valence-electron chi connectivity index (χ1n) is 6.37. The number of aliphatic hydroxyl groups is 1. The highest BCUT2D eigenvalue weighted by Gasteiger charge is 2.21. The van der Waals surface area contributed by atoms with Gasteiger partial charge in [0, 0.05) is 24.7 Å². The monoisotopic (exact) mass is 313 g/mol.